The van der Waals surface area contributed by atoms with Gasteiger partial charge in [-0.1, -0.05) is 13.0 Å². The van der Waals surface area contributed by atoms with Crippen molar-refractivity contribution in [3.05, 3.63) is 47.8 Å². The minimum Gasteiger partial charge on any atom is -0.481 e. The number of aromatic amines is 1. The monoisotopic (exact) mass is 350 g/mol. The van der Waals surface area contributed by atoms with Crippen molar-refractivity contribution in [2.45, 2.75) is 27.2 Å². The van der Waals surface area contributed by atoms with Crippen molar-refractivity contribution in [3.8, 4) is 5.88 Å². The molecule has 0 fully saturated rings. The molecule has 2 N–H and O–H groups in total. The lowest BCUT2D eigenvalue weighted by atomic mass is 9.92. The summed E-state index contributed by atoms with van der Waals surface area (Å²) in [7, 11) is 1.58. The van der Waals surface area contributed by atoms with E-state index in [9.17, 15) is 0 Å². The van der Waals surface area contributed by atoms with Gasteiger partial charge in [-0.05, 0) is 37.8 Å². The maximum atomic E-state index is 8.36. The largest absolute Gasteiger partial charge is 0.481 e. The number of rotatable bonds is 6. The van der Waals surface area contributed by atoms with Crippen molar-refractivity contribution in [2.75, 3.05) is 7.11 Å². The normalized spacial score (nSPS) is 13.0. The number of allylic oxidation sites excluding steroid dienone is 2. The number of fused-ring (bicyclic) bond motifs is 1. The van der Waals surface area contributed by atoms with E-state index in [4.69, 9.17) is 10.1 Å². The molecule has 3 aromatic rings. The van der Waals surface area contributed by atoms with Crippen LogP contribution in [0.4, 0.5) is 0 Å². The van der Waals surface area contributed by atoms with Crippen molar-refractivity contribution in [1.82, 2.24) is 24.9 Å². The van der Waals surface area contributed by atoms with E-state index in [2.05, 4.69) is 31.8 Å². The first-order valence-corrected chi connectivity index (χ1v) is 8.45. The Bertz CT molecular complexity index is 958. The van der Waals surface area contributed by atoms with Crippen molar-refractivity contribution < 1.29 is 4.74 Å². The molecular weight excluding hydrogens is 328 g/mol. The van der Waals surface area contributed by atoms with E-state index in [0.29, 0.717) is 29.5 Å². The van der Waals surface area contributed by atoms with Gasteiger partial charge in [0.1, 0.15) is 11.6 Å². The molecule has 134 valence electrons. The predicted octanol–water partition coefficient (Wildman–Crippen LogP) is 3.56. The summed E-state index contributed by atoms with van der Waals surface area (Å²) in [5.41, 5.74) is 3.77. The van der Waals surface area contributed by atoms with Crippen molar-refractivity contribution in [2.24, 2.45) is 5.92 Å². The van der Waals surface area contributed by atoms with E-state index in [1.807, 2.05) is 26.0 Å². The van der Waals surface area contributed by atoms with Gasteiger partial charge in [-0.25, -0.2) is 15.0 Å². The quantitative estimate of drug-likeness (QED) is 0.662. The van der Waals surface area contributed by atoms with Crippen LogP contribution in [0.2, 0.25) is 0 Å². The van der Waals surface area contributed by atoms with E-state index < -0.39 is 0 Å². The molecule has 0 bridgehead atoms. The van der Waals surface area contributed by atoms with Crippen molar-refractivity contribution in [3.63, 3.8) is 0 Å². The molecule has 0 saturated carbocycles. The van der Waals surface area contributed by atoms with Crippen LogP contribution in [0.1, 0.15) is 37.5 Å². The summed E-state index contributed by atoms with van der Waals surface area (Å²) >= 11 is 0. The lowest BCUT2D eigenvalue weighted by Gasteiger charge is -2.14. The molecule has 1 unspecified atom stereocenters. The lowest BCUT2D eigenvalue weighted by molar-refractivity contribution is 0.399. The Labute approximate surface area is 152 Å². The number of nitrogens with one attached hydrogen (secondary N) is 2. The number of pyridine rings is 1. The van der Waals surface area contributed by atoms with Crippen molar-refractivity contribution in [1.29, 1.82) is 5.41 Å². The number of H-pyrrole nitrogens is 1. The molecule has 0 aliphatic heterocycles. The van der Waals surface area contributed by atoms with Crippen molar-refractivity contribution >= 4 is 22.4 Å². The molecule has 0 aromatic carbocycles. The second-order valence-corrected chi connectivity index (χ2v) is 6.16. The lowest BCUT2D eigenvalue weighted by Crippen LogP contribution is -2.10. The summed E-state index contributed by atoms with van der Waals surface area (Å²) in [6.45, 7) is 5.89. The van der Waals surface area contributed by atoms with Gasteiger partial charge in [-0.15, -0.1) is 0 Å². The van der Waals surface area contributed by atoms with Crippen LogP contribution in [0.5, 0.6) is 5.88 Å². The third kappa shape index (κ3) is 3.61. The fourth-order valence-corrected chi connectivity index (χ4v) is 2.86. The van der Waals surface area contributed by atoms with Gasteiger partial charge in [0.15, 0.2) is 5.65 Å². The van der Waals surface area contributed by atoms with Crippen LogP contribution in [0.15, 0.2) is 30.6 Å². The zero-order valence-corrected chi connectivity index (χ0v) is 15.4. The Kier molecular flexibility index (Phi) is 5.06. The van der Waals surface area contributed by atoms with Gasteiger partial charge >= 0.3 is 0 Å². The minimum absolute atomic E-state index is 0.108. The van der Waals surface area contributed by atoms with Gasteiger partial charge in [-0.3, -0.25) is 0 Å². The molecule has 0 aliphatic rings. The molecular formula is C19H22N6O. The average molecular weight is 350 g/mol. The van der Waals surface area contributed by atoms with Crippen LogP contribution in [-0.2, 0) is 0 Å². The number of nitrogens with zero attached hydrogens (tertiary/aromatic N) is 4. The molecule has 3 aromatic heterocycles. The predicted molar refractivity (Wildman–Crippen MR) is 101 cm³/mol. The Morgan fingerprint density at radius 3 is 2.65 bits per heavy atom. The second-order valence-electron chi connectivity index (χ2n) is 6.16. The molecule has 3 rings (SSSR count). The average Bonchev–Trinajstić information content (AvgIpc) is 3.05. The number of ether oxygens (including phenoxy) is 1. The highest BCUT2D eigenvalue weighted by molar-refractivity contribution is 5.98. The van der Waals surface area contributed by atoms with Gasteiger partial charge in [0.05, 0.1) is 12.6 Å². The second kappa shape index (κ2) is 7.43. The first kappa shape index (κ1) is 17.7. The van der Waals surface area contributed by atoms with Crippen LogP contribution in [0, 0.1) is 18.3 Å². The molecule has 0 amide bonds. The summed E-state index contributed by atoms with van der Waals surface area (Å²) in [5, 5.41) is 8.36. The highest BCUT2D eigenvalue weighted by Gasteiger charge is 2.18. The molecule has 0 spiro atoms. The number of aromatic nitrogens is 5. The van der Waals surface area contributed by atoms with Crippen LogP contribution in [-0.4, -0.2) is 37.7 Å². The van der Waals surface area contributed by atoms with Crippen LogP contribution >= 0.6 is 0 Å². The number of hydrogen-bond acceptors (Lipinski definition) is 6. The van der Waals surface area contributed by atoms with Crippen LogP contribution < -0.4 is 4.74 Å². The van der Waals surface area contributed by atoms with E-state index in [1.54, 1.807) is 25.6 Å². The maximum Gasteiger partial charge on any atom is 0.215 e. The number of methoxy groups -OCH3 is 1. The first-order chi connectivity index (χ1) is 12.5. The Morgan fingerprint density at radius 2 is 2.00 bits per heavy atom. The number of hydrogen-bond donors (Lipinski definition) is 2. The summed E-state index contributed by atoms with van der Waals surface area (Å²) < 4.78 is 5.16. The molecule has 0 radical (unpaired) electrons. The molecule has 26 heavy (non-hydrogen) atoms. The summed E-state index contributed by atoms with van der Waals surface area (Å²) in [4.78, 5) is 20.6. The fourth-order valence-electron chi connectivity index (χ4n) is 2.86. The molecule has 7 heteroatoms. The number of aryl methyl sites for hydroxylation is 1. The summed E-state index contributed by atoms with van der Waals surface area (Å²) in [6, 6.07) is 3.71. The third-order valence-corrected chi connectivity index (χ3v) is 4.28. The van der Waals surface area contributed by atoms with E-state index >= 15 is 0 Å². The maximum absolute atomic E-state index is 8.36. The van der Waals surface area contributed by atoms with E-state index in [-0.39, 0.29) is 5.92 Å². The first-order valence-electron chi connectivity index (χ1n) is 8.45. The van der Waals surface area contributed by atoms with Gasteiger partial charge < -0.3 is 15.1 Å². The third-order valence-electron chi connectivity index (χ3n) is 4.28. The van der Waals surface area contributed by atoms with Gasteiger partial charge in [0.2, 0.25) is 5.88 Å². The topological polar surface area (TPSA) is 100 Å². The molecule has 0 saturated heterocycles. The van der Waals surface area contributed by atoms with E-state index in [1.165, 1.54) is 0 Å². The summed E-state index contributed by atoms with van der Waals surface area (Å²) in [5.74, 6) is 2.11. The molecule has 3 heterocycles. The Morgan fingerprint density at radius 1 is 1.27 bits per heavy atom. The smallest absolute Gasteiger partial charge is 0.215 e. The zero-order valence-electron chi connectivity index (χ0n) is 15.4. The zero-order chi connectivity index (χ0) is 18.7. The Hall–Kier alpha value is -3.09. The fraction of sp³-hybridized carbons (Fsp3) is 0.316. The number of imidazole rings is 1. The highest BCUT2D eigenvalue weighted by atomic mass is 16.5. The van der Waals surface area contributed by atoms with Crippen LogP contribution in [0.25, 0.3) is 16.7 Å². The standard InChI is InChI=1S/C19H22N6O/c1-5-14(11(2)8-15(20)13-9-21-12(3)22-10-13)18-23-16-6-7-17(26-4)24-19(16)25-18/h5-7,9-11,20H,8H2,1-4H3,(H,23,24,25)/b14-5+,20-15?. The van der Waals surface area contributed by atoms with Gasteiger partial charge in [0, 0.05) is 29.7 Å². The Balaban J connectivity index is 1.81. The molecule has 1 atom stereocenters. The van der Waals surface area contributed by atoms with E-state index in [0.717, 1.165) is 22.5 Å². The SMILES string of the molecule is C/C=C(/c1nc2nc(OC)ccc2[nH]1)C(C)CC(=N)c1cnc(C)nc1. The summed E-state index contributed by atoms with van der Waals surface area (Å²) in [6.07, 6.45) is 5.99. The van der Waals surface area contributed by atoms with Crippen LogP contribution in [0.3, 0.4) is 0 Å². The van der Waals surface area contributed by atoms with Gasteiger partial charge in [-0.2, -0.15) is 4.98 Å². The minimum atomic E-state index is 0.108. The molecule has 7 nitrogen and oxygen atoms in total. The molecule has 0 aliphatic carbocycles. The van der Waals surface area contributed by atoms with Gasteiger partial charge in [0.25, 0.3) is 0 Å². The highest BCUT2D eigenvalue weighted by Crippen LogP contribution is 2.27.